The Morgan fingerprint density at radius 1 is 1.07 bits per heavy atom. The maximum Gasteiger partial charge on any atom is 0.230 e. The minimum Gasteiger partial charge on any atom is -0.379 e. The van der Waals surface area contributed by atoms with Crippen LogP contribution in [0, 0.1) is 5.82 Å². The summed E-state index contributed by atoms with van der Waals surface area (Å²) in [5.74, 6) is -0.213. The molecule has 1 aliphatic carbocycles. The lowest BCUT2D eigenvalue weighted by Gasteiger charge is -2.42. The van der Waals surface area contributed by atoms with Gasteiger partial charge in [0.15, 0.2) is 0 Å². The van der Waals surface area contributed by atoms with Gasteiger partial charge in [0.2, 0.25) is 5.91 Å². The molecule has 1 heterocycles. The summed E-state index contributed by atoms with van der Waals surface area (Å²) >= 11 is 0. The third-order valence-electron chi connectivity index (χ3n) is 6.17. The Kier molecular flexibility index (Phi) is 5.74. The molecule has 5 heteroatoms. The van der Waals surface area contributed by atoms with E-state index in [1.54, 1.807) is 12.1 Å². The largest absolute Gasteiger partial charge is 0.379 e. The summed E-state index contributed by atoms with van der Waals surface area (Å²) in [5, 5.41) is 3.22. The van der Waals surface area contributed by atoms with E-state index >= 15 is 0 Å². The van der Waals surface area contributed by atoms with Gasteiger partial charge in [-0.25, -0.2) is 4.39 Å². The van der Waals surface area contributed by atoms with Crippen LogP contribution in [0.3, 0.4) is 0 Å². The van der Waals surface area contributed by atoms with Gasteiger partial charge >= 0.3 is 0 Å². The predicted octanol–water partition coefficient (Wildman–Crippen LogP) is 3.44. The van der Waals surface area contributed by atoms with E-state index in [0.717, 1.165) is 51.1 Å². The highest BCUT2D eigenvalue weighted by atomic mass is 19.1. The van der Waals surface area contributed by atoms with Gasteiger partial charge in [-0.3, -0.25) is 9.69 Å². The molecule has 1 aliphatic heterocycles. The van der Waals surface area contributed by atoms with Crippen molar-refractivity contribution in [3.8, 4) is 0 Å². The average Bonchev–Trinajstić information content (AvgIpc) is 2.70. The van der Waals surface area contributed by atoms with E-state index in [1.807, 2.05) is 18.2 Å². The van der Waals surface area contributed by atoms with Gasteiger partial charge in [0.1, 0.15) is 5.82 Å². The second kappa shape index (κ2) is 8.41. The van der Waals surface area contributed by atoms with Gasteiger partial charge < -0.3 is 10.1 Å². The zero-order chi connectivity index (χ0) is 19.4. The lowest BCUT2D eigenvalue weighted by atomic mass is 9.64. The van der Waals surface area contributed by atoms with E-state index in [2.05, 4.69) is 22.3 Å². The number of carbonyl (C=O) groups is 1. The molecule has 4 rings (SSSR count). The molecule has 1 amide bonds. The molecule has 0 spiro atoms. The minimum absolute atomic E-state index is 0.0551. The van der Waals surface area contributed by atoms with E-state index in [0.29, 0.717) is 6.54 Å². The second-order valence-corrected chi connectivity index (χ2v) is 7.73. The molecular formula is C23H27FN2O2. The summed E-state index contributed by atoms with van der Waals surface area (Å²) in [6.45, 7) is 3.72. The van der Waals surface area contributed by atoms with Crippen LogP contribution in [-0.4, -0.2) is 43.7 Å². The number of ether oxygens (including phenoxy) is 1. The summed E-state index contributed by atoms with van der Waals surface area (Å²) in [6, 6.07) is 16.8. The monoisotopic (exact) mass is 382 g/mol. The molecule has 1 saturated carbocycles. The molecule has 148 valence electrons. The van der Waals surface area contributed by atoms with E-state index in [1.165, 1.54) is 17.7 Å². The molecule has 1 saturated heterocycles. The van der Waals surface area contributed by atoms with Gasteiger partial charge in [0, 0.05) is 19.6 Å². The normalized spacial score (nSPS) is 20.2. The predicted molar refractivity (Wildman–Crippen MR) is 107 cm³/mol. The Balaban J connectivity index is 1.49. The van der Waals surface area contributed by atoms with E-state index in [4.69, 9.17) is 4.74 Å². The average molecular weight is 382 g/mol. The molecule has 0 aromatic heterocycles. The number of hydrogen-bond acceptors (Lipinski definition) is 3. The zero-order valence-electron chi connectivity index (χ0n) is 16.1. The van der Waals surface area contributed by atoms with Crippen LogP contribution in [0.2, 0.25) is 0 Å². The van der Waals surface area contributed by atoms with Crippen molar-refractivity contribution in [3.63, 3.8) is 0 Å². The molecule has 2 aliphatic rings. The molecule has 2 aromatic rings. The van der Waals surface area contributed by atoms with Crippen molar-refractivity contribution in [1.82, 2.24) is 10.2 Å². The van der Waals surface area contributed by atoms with Gasteiger partial charge in [-0.05, 0) is 36.1 Å². The highest BCUT2D eigenvalue weighted by Crippen LogP contribution is 2.44. The molecule has 0 radical (unpaired) electrons. The van der Waals surface area contributed by atoms with Crippen LogP contribution in [-0.2, 0) is 14.9 Å². The molecule has 2 aromatic carbocycles. The van der Waals surface area contributed by atoms with Gasteiger partial charge in [0.25, 0.3) is 0 Å². The van der Waals surface area contributed by atoms with Crippen LogP contribution in [0.4, 0.5) is 4.39 Å². The number of morpholine rings is 1. The van der Waals surface area contributed by atoms with Crippen molar-refractivity contribution < 1.29 is 13.9 Å². The quantitative estimate of drug-likeness (QED) is 0.832. The summed E-state index contributed by atoms with van der Waals surface area (Å²) in [4.78, 5) is 15.6. The van der Waals surface area contributed by atoms with Crippen molar-refractivity contribution in [3.05, 3.63) is 71.5 Å². The lowest BCUT2D eigenvalue weighted by Crippen LogP contribution is -2.51. The van der Waals surface area contributed by atoms with Crippen LogP contribution < -0.4 is 5.32 Å². The van der Waals surface area contributed by atoms with E-state index < -0.39 is 5.41 Å². The maximum absolute atomic E-state index is 13.3. The Hall–Kier alpha value is -2.24. The molecule has 1 N–H and O–H groups in total. The van der Waals surface area contributed by atoms with Crippen molar-refractivity contribution in [1.29, 1.82) is 0 Å². The summed E-state index contributed by atoms with van der Waals surface area (Å²) < 4.78 is 18.8. The fraction of sp³-hybridized carbons (Fsp3) is 0.435. The Bertz CT molecular complexity index is 784. The number of benzene rings is 2. The highest BCUT2D eigenvalue weighted by Gasteiger charge is 2.45. The number of nitrogens with one attached hydrogen (secondary N) is 1. The number of nitrogens with zero attached hydrogens (tertiary/aromatic N) is 1. The summed E-state index contributed by atoms with van der Waals surface area (Å²) in [7, 11) is 0. The number of rotatable bonds is 6. The molecule has 28 heavy (non-hydrogen) atoms. The number of carbonyl (C=O) groups excluding carboxylic acids is 1. The Labute approximate surface area is 165 Å². The van der Waals surface area contributed by atoms with E-state index in [-0.39, 0.29) is 17.8 Å². The Morgan fingerprint density at radius 3 is 2.36 bits per heavy atom. The highest BCUT2D eigenvalue weighted by molar-refractivity contribution is 5.89. The smallest absolute Gasteiger partial charge is 0.230 e. The first-order valence-corrected chi connectivity index (χ1v) is 10.1. The number of halogens is 1. The molecule has 2 fully saturated rings. The van der Waals surface area contributed by atoms with E-state index in [9.17, 15) is 9.18 Å². The fourth-order valence-corrected chi connectivity index (χ4v) is 4.33. The van der Waals surface area contributed by atoms with Crippen LogP contribution in [0.15, 0.2) is 54.6 Å². The van der Waals surface area contributed by atoms with Gasteiger partial charge in [-0.2, -0.15) is 0 Å². The number of hydrogen-bond donors (Lipinski definition) is 1. The van der Waals surface area contributed by atoms with Crippen LogP contribution >= 0.6 is 0 Å². The van der Waals surface area contributed by atoms with Crippen molar-refractivity contribution in [2.45, 2.75) is 30.7 Å². The topological polar surface area (TPSA) is 41.6 Å². The maximum atomic E-state index is 13.3. The summed E-state index contributed by atoms with van der Waals surface area (Å²) in [6.07, 6.45) is 2.66. The van der Waals surface area contributed by atoms with Crippen LogP contribution in [0.1, 0.15) is 36.4 Å². The third kappa shape index (κ3) is 3.82. The van der Waals surface area contributed by atoms with Gasteiger partial charge in [-0.1, -0.05) is 48.9 Å². The summed E-state index contributed by atoms with van der Waals surface area (Å²) in [5.41, 5.74) is 1.61. The second-order valence-electron chi connectivity index (χ2n) is 7.73. The van der Waals surface area contributed by atoms with Crippen molar-refractivity contribution >= 4 is 5.91 Å². The first kappa shape index (κ1) is 19.1. The van der Waals surface area contributed by atoms with Gasteiger partial charge in [-0.15, -0.1) is 0 Å². The number of amides is 1. The zero-order valence-corrected chi connectivity index (χ0v) is 16.1. The third-order valence-corrected chi connectivity index (χ3v) is 6.17. The molecule has 0 bridgehead atoms. The Morgan fingerprint density at radius 2 is 1.75 bits per heavy atom. The first-order chi connectivity index (χ1) is 13.7. The van der Waals surface area contributed by atoms with Crippen LogP contribution in [0.25, 0.3) is 0 Å². The standard InChI is InChI=1S/C23H27FN2O2/c24-20-9-7-19(8-10-20)23(11-4-12-23)22(27)25-17-21(18-5-2-1-3-6-18)26-13-15-28-16-14-26/h1-3,5-10,21H,4,11-17H2,(H,25,27). The molecular weight excluding hydrogens is 355 g/mol. The van der Waals surface area contributed by atoms with Gasteiger partial charge in [0.05, 0.1) is 24.7 Å². The minimum atomic E-state index is -0.514. The first-order valence-electron chi connectivity index (χ1n) is 10.1. The fourth-order valence-electron chi connectivity index (χ4n) is 4.33. The lowest BCUT2D eigenvalue weighted by molar-refractivity contribution is -0.130. The SMILES string of the molecule is O=C(NCC(c1ccccc1)N1CCOCC1)C1(c2ccc(F)cc2)CCC1. The van der Waals surface area contributed by atoms with Crippen molar-refractivity contribution in [2.24, 2.45) is 0 Å². The van der Waals surface area contributed by atoms with Crippen molar-refractivity contribution in [2.75, 3.05) is 32.8 Å². The van der Waals surface area contributed by atoms with Crippen LogP contribution in [0.5, 0.6) is 0 Å². The molecule has 1 unspecified atom stereocenters. The molecule has 1 atom stereocenters. The molecule has 4 nitrogen and oxygen atoms in total.